The van der Waals surface area contributed by atoms with E-state index >= 15 is 0 Å². The van der Waals surface area contributed by atoms with Gasteiger partial charge in [0.15, 0.2) is 0 Å². The third kappa shape index (κ3) is 4.74. The molecule has 1 atom stereocenters. The molecule has 0 saturated carbocycles. The van der Waals surface area contributed by atoms with Gasteiger partial charge in [-0.2, -0.15) is 4.31 Å². The molecular formula is C21H26N2O2S. The molecule has 1 saturated heterocycles. The van der Waals surface area contributed by atoms with E-state index in [-0.39, 0.29) is 0 Å². The Kier molecular flexibility index (Phi) is 6.12. The Morgan fingerprint density at radius 3 is 2.54 bits per heavy atom. The van der Waals surface area contributed by atoms with Gasteiger partial charge in [0.05, 0.1) is 4.90 Å². The number of nitrogens with one attached hydrogen (secondary N) is 1. The van der Waals surface area contributed by atoms with Crippen LogP contribution in [0.25, 0.3) is 6.08 Å². The molecule has 2 aromatic rings. The third-order valence-electron chi connectivity index (χ3n) is 4.65. The van der Waals surface area contributed by atoms with Crippen LogP contribution in [0.5, 0.6) is 0 Å². The Labute approximate surface area is 156 Å². The standard InChI is InChI=1S/C21H26N2O2S/c1-18-7-6-16-23(17-18)26(24,25)21-13-11-20(12-14-21)22-15-5-10-19-8-3-2-4-9-19/h2-5,8-14,18,22H,6-7,15-17H2,1H3/b10-5+. The van der Waals surface area contributed by atoms with Crippen LogP contribution in [-0.4, -0.2) is 32.4 Å². The fraction of sp³-hybridized carbons (Fsp3) is 0.333. The molecule has 1 heterocycles. The van der Waals surface area contributed by atoms with E-state index in [1.54, 1.807) is 16.4 Å². The van der Waals surface area contributed by atoms with Crippen molar-refractivity contribution in [3.63, 3.8) is 0 Å². The monoisotopic (exact) mass is 370 g/mol. The Hall–Kier alpha value is -2.11. The summed E-state index contributed by atoms with van der Waals surface area (Å²) in [6.45, 7) is 4.03. The van der Waals surface area contributed by atoms with Crippen LogP contribution in [0.2, 0.25) is 0 Å². The van der Waals surface area contributed by atoms with Crippen molar-refractivity contribution >= 4 is 21.8 Å². The molecular weight excluding hydrogens is 344 g/mol. The predicted octanol–water partition coefficient (Wildman–Crippen LogP) is 4.23. The molecule has 0 bridgehead atoms. The third-order valence-corrected chi connectivity index (χ3v) is 6.53. The highest BCUT2D eigenvalue weighted by Crippen LogP contribution is 2.24. The summed E-state index contributed by atoms with van der Waals surface area (Å²) < 4.78 is 27.1. The zero-order chi connectivity index (χ0) is 18.4. The average molecular weight is 371 g/mol. The summed E-state index contributed by atoms with van der Waals surface area (Å²) >= 11 is 0. The van der Waals surface area contributed by atoms with Crippen LogP contribution in [-0.2, 0) is 10.0 Å². The maximum Gasteiger partial charge on any atom is 0.243 e. The molecule has 1 unspecified atom stereocenters. The number of benzene rings is 2. The number of piperidine rings is 1. The van der Waals surface area contributed by atoms with Gasteiger partial charge in [0.25, 0.3) is 0 Å². The Bertz CT molecular complexity index is 830. The summed E-state index contributed by atoms with van der Waals surface area (Å²) in [5.74, 6) is 0.427. The molecule has 26 heavy (non-hydrogen) atoms. The minimum atomic E-state index is -3.38. The first-order chi connectivity index (χ1) is 12.6. The van der Waals surface area contributed by atoms with Crippen LogP contribution in [0.1, 0.15) is 25.3 Å². The van der Waals surface area contributed by atoms with Crippen molar-refractivity contribution in [1.29, 1.82) is 0 Å². The summed E-state index contributed by atoms with van der Waals surface area (Å²) in [5, 5.41) is 3.28. The first-order valence-electron chi connectivity index (χ1n) is 9.11. The second kappa shape index (κ2) is 8.52. The van der Waals surface area contributed by atoms with E-state index in [0.29, 0.717) is 30.4 Å². The van der Waals surface area contributed by atoms with Gasteiger partial charge < -0.3 is 5.32 Å². The Morgan fingerprint density at radius 1 is 1.12 bits per heavy atom. The van der Waals surface area contributed by atoms with Gasteiger partial charge in [-0.3, -0.25) is 0 Å². The molecule has 1 aliphatic heterocycles. The van der Waals surface area contributed by atoms with Crippen LogP contribution in [0.4, 0.5) is 5.69 Å². The van der Waals surface area contributed by atoms with Gasteiger partial charge in [0, 0.05) is 25.3 Å². The molecule has 0 amide bonds. The minimum absolute atomic E-state index is 0.372. The summed E-state index contributed by atoms with van der Waals surface area (Å²) in [7, 11) is -3.38. The van der Waals surface area contributed by atoms with Crippen LogP contribution >= 0.6 is 0 Å². The lowest BCUT2D eigenvalue weighted by atomic mass is 10.0. The largest absolute Gasteiger partial charge is 0.382 e. The fourth-order valence-electron chi connectivity index (χ4n) is 3.19. The molecule has 138 valence electrons. The van der Waals surface area contributed by atoms with E-state index in [1.807, 2.05) is 30.3 Å². The highest BCUT2D eigenvalue weighted by atomic mass is 32.2. The van der Waals surface area contributed by atoms with Gasteiger partial charge >= 0.3 is 0 Å². The molecule has 1 fully saturated rings. The molecule has 5 heteroatoms. The second-order valence-corrected chi connectivity index (χ2v) is 8.77. The van der Waals surface area contributed by atoms with Gasteiger partial charge in [-0.05, 0) is 48.6 Å². The number of hydrogen-bond donors (Lipinski definition) is 1. The quantitative estimate of drug-likeness (QED) is 0.828. The lowest BCUT2D eigenvalue weighted by Gasteiger charge is -2.30. The molecule has 0 radical (unpaired) electrons. The first kappa shape index (κ1) is 18.7. The Morgan fingerprint density at radius 2 is 1.85 bits per heavy atom. The van der Waals surface area contributed by atoms with Gasteiger partial charge in [-0.1, -0.05) is 49.4 Å². The van der Waals surface area contributed by atoms with Crippen LogP contribution < -0.4 is 5.32 Å². The number of hydrogen-bond acceptors (Lipinski definition) is 3. The van der Waals surface area contributed by atoms with Crippen LogP contribution in [0, 0.1) is 5.92 Å². The van der Waals surface area contributed by atoms with E-state index in [0.717, 1.165) is 24.1 Å². The van der Waals surface area contributed by atoms with E-state index in [2.05, 4.69) is 36.5 Å². The van der Waals surface area contributed by atoms with Crippen molar-refractivity contribution in [2.75, 3.05) is 25.0 Å². The highest BCUT2D eigenvalue weighted by Gasteiger charge is 2.28. The fourth-order valence-corrected chi connectivity index (χ4v) is 4.79. The second-order valence-electron chi connectivity index (χ2n) is 6.83. The molecule has 1 N–H and O–H groups in total. The highest BCUT2D eigenvalue weighted by molar-refractivity contribution is 7.89. The van der Waals surface area contributed by atoms with Gasteiger partial charge in [0.2, 0.25) is 10.0 Å². The predicted molar refractivity (Wildman–Crippen MR) is 108 cm³/mol. The van der Waals surface area contributed by atoms with Gasteiger partial charge in [-0.25, -0.2) is 8.42 Å². The molecule has 2 aromatic carbocycles. The number of anilines is 1. The summed E-state index contributed by atoms with van der Waals surface area (Å²) in [5.41, 5.74) is 2.07. The van der Waals surface area contributed by atoms with Gasteiger partial charge in [-0.15, -0.1) is 0 Å². The topological polar surface area (TPSA) is 49.4 Å². The number of sulfonamides is 1. The number of rotatable bonds is 6. The zero-order valence-corrected chi connectivity index (χ0v) is 16.0. The number of nitrogens with zero attached hydrogens (tertiary/aromatic N) is 1. The van der Waals surface area contributed by atoms with Crippen molar-refractivity contribution in [2.45, 2.75) is 24.7 Å². The molecule has 3 rings (SSSR count). The lowest BCUT2D eigenvalue weighted by Crippen LogP contribution is -2.39. The molecule has 0 spiro atoms. The van der Waals surface area contributed by atoms with Crippen molar-refractivity contribution in [3.8, 4) is 0 Å². The maximum absolute atomic E-state index is 12.8. The summed E-state index contributed by atoms with van der Waals surface area (Å²) in [6.07, 6.45) is 6.15. The zero-order valence-electron chi connectivity index (χ0n) is 15.1. The average Bonchev–Trinajstić information content (AvgIpc) is 2.66. The molecule has 0 aliphatic carbocycles. The Balaban J connectivity index is 1.58. The van der Waals surface area contributed by atoms with Gasteiger partial charge in [0.1, 0.15) is 0 Å². The van der Waals surface area contributed by atoms with Crippen molar-refractivity contribution < 1.29 is 8.42 Å². The minimum Gasteiger partial charge on any atom is -0.382 e. The SMILES string of the molecule is CC1CCCN(S(=O)(=O)c2ccc(NC/C=C/c3ccccc3)cc2)C1. The molecule has 4 nitrogen and oxygen atoms in total. The van der Waals surface area contributed by atoms with E-state index < -0.39 is 10.0 Å². The smallest absolute Gasteiger partial charge is 0.243 e. The summed E-state index contributed by atoms with van der Waals surface area (Å²) in [6, 6.07) is 17.2. The van der Waals surface area contributed by atoms with E-state index in [4.69, 9.17) is 0 Å². The van der Waals surface area contributed by atoms with E-state index in [1.165, 1.54) is 0 Å². The molecule has 0 aromatic heterocycles. The van der Waals surface area contributed by atoms with Crippen molar-refractivity contribution in [2.24, 2.45) is 5.92 Å². The maximum atomic E-state index is 12.8. The normalized spacial score (nSPS) is 18.9. The van der Waals surface area contributed by atoms with Crippen molar-refractivity contribution in [1.82, 2.24) is 4.31 Å². The van der Waals surface area contributed by atoms with Crippen LogP contribution in [0.15, 0.2) is 65.6 Å². The van der Waals surface area contributed by atoms with Crippen LogP contribution in [0.3, 0.4) is 0 Å². The summed E-state index contributed by atoms with van der Waals surface area (Å²) in [4.78, 5) is 0.372. The van der Waals surface area contributed by atoms with E-state index in [9.17, 15) is 8.42 Å². The molecule has 1 aliphatic rings. The first-order valence-corrected chi connectivity index (χ1v) is 10.6. The van der Waals surface area contributed by atoms with Crippen molar-refractivity contribution in [3.05, 3.63) is 66.2 Å². The lowest BCUT2D eigenvalue weighted by molar-refractivity contribution is 0.281.